The van der Waals surface area contributed by atoms with E-state index >= 15 is 0 Å². The number of aromatic nitrogens is 2. The van der Waals surface area contributed by atoms with Crippen LogP contribution in [0.2, 0.25) is 0 Å². The first-order valence-electron chi connectivity index (χ1n) is 7.20. The minimum atomic E-state index is 0.0130. The summed E-state index contributed by atoms with van der Waals surface area (Å²) in [6, 6.07) is 1.76. The third-order valence-electron chi connectivity index (χ3n) is 3.37. The molecule has 1 aliphatic heterocycles. The molecular weight excluding hydrogens is 252 g/mol. The van der Waals surface area contributed by atoms with Gasteiger partial charge in [0.05, 0.1) is 0 Å². The van der Waals surface area contributed by atoms with E-state index in [1.807, 2.05) is 11.8 Å². The van der Waals surface area contributed by atoms with E-state index in [-0.39, 0.29) is 5.91 Å². The Morgan fingerprint density at radius 2 is 2.05 bits per heavy atom. The second-order valence-electron chi connectivity index (χ2n) is 5.09. The fourth-order valence-corrected chi connectivity index (χ4v) is 2.36. The lowest BCUT2D eigenvalue weighted by Gasteiger charge is -2.20. The van der Waals surface area contributed by atoms with Gasteiger partial charge in [0, 0.05) is 25.3 Å². The van der Waals surface area contributed by atoms with Crippen LogP contribution in [0.1, 0.15) is 41.9 Å². The lowest BCUT2D eigenvalue weighted by atomic mass is 10.2. The molecule has 0 bridgehead atoms. The molecule has 1 amide bonds. The van der Waals surface area contributed by atoms with E-state index in [1.165, 1.54) is 12.8 Å². The Labute approximate surface area is 120 Å². The van der Waals surface area contributed by atoms with Crippen LogP contribution in [-0.2, 0) is 0 Å². The standard InChI is InChI=1S/C15H22N4O/c1-3-8-16-15-17-12(2)11-13(18-15)14(20)19-9-6-4-5-7-10-19/h3,11H,1,4-10H2,2H3,(H,16,17,18). The van der Waals surface area contributed by atoms with Gasteiger partial charge in [0.1, 0.15) is 5.69 Å². The highest BCUT2D eigenvalue weighted by Crippen LogP contribution is 2.14. The Morgan fingerprint density at radius 1 is 1.35 bits per heavy atom. The zero-order chi connectivity index (χ0) is 14.4. The number of hydrogen-bond donors (Lipinski definition) is 1. The summed E-state index contributed by atoms with van der Waals surface area (Å²) in [4.78, 5) is 23.0. The average Bonchev–Trinajstić information content (AvgIpc) is 2.72. The third kappa shape index (κ3) is 3.79. The summed E-state index contributed by atoms with van der Waals surface area (Å²) in [5.74, 6) is 0.502. The number of hydrogen-bond acceptors (Lipinski definition) is 4. The van der Waals surface area contributed by atoms with Crippen LogP contribution in [0, 0.1) is 6.92 Å². The van der Waals surface area contributed by atoms with Crippen molar-refractivity contribution in [3.8, 4) is 0 Å². The summed E-state index contributed by atoms with van der Waals surface area (Å²) in [7, 11) is 0. The zero-order valence-corrected chi connectivity index (χ0v) is 12.1. The predicted octanol–water partition coefficient (Wildman–Crippen LogP) is 2.40. The Morgan fingerprint density at radius 3 is 2.70 bits per heavy atom. The van der Waals surface area contributed by atoms with E-state index in [2.05, 4.69) is 21.9 Å². The van der Waals surface area contributed by atoms with Gasteiger partial charge >= 0.3 is 0 Å². The number of amides is 1. The second kappa shape index (κ2) is 7.03. The number of nitrogens with one attached hydrogen (secondary N) is 1. The molecule has 0 radical (unpaired) electrons. The summed E-state index contributed by atoms with van der Waals surface area (Å²) in [5.41, 5.74) is 1.27. The predicted molar refractivity (Wildman–Crippen MR) is 79.8 cm³/mol. The second-order valence-corrected chi connectivity index (χ2v) is 5.09. The topological polar surface area (TPSA) is 58.1 Å². The van der Waals surface area contributed by atoms with Crippen molar-refractivity contribution in [3.05, 3.63) is 30.1 Å². The van der Waals surface area contributed by atoms with Gasteiger partial charge in [-0.25, -0.2) is 9.97 Å². The van der Waals surface area contributed by atoms with Gasteiger partial charge in [0.2, 0.25) is 5.95 Å². The molecule has 1 saturated heterocycles. The maximum Gasteiger partial charge on any atom is 0.272 e. The van der Waals surface area contributed by atoms with Crippen LogP contribution in [-0.4, -0.2) is 40.4 Å². The molecule has 1 fully saturated rings. The number of likely N-dealkylation sites (tertiary alicyclic amines) is 1. The molecule has 1 aliphatic rings. The fraction of sp³-hybridized carbons (Fsp3) is 0.533. The van der Waals surface area contributed by atoms with Gasteiger partial charge in [0.25, 0.3) is 5.91 Å². The number of nitrogens with zero attached hydrogens (tertiary/aromatic N) is 3. The van der Waals surface area contributed by atoms with Crippen molar-refractivity contribution in [2.24, 2.45) is 0 Å². The SMILES string of the molecule is C=CCNc1nc(C)cc(C(=O)N2CCCCCC2)n1. The minimum Gasteiger partial charge on any atom is -0.351 e. The van der Waals surface area contributed by atoms with Gasteiger partial charge in [-0.3, -0.25) is 4.79 Å². The summed E-state index contributed by atoms with van der Waals surface area (Å²) < 4.78 is 0. The van der Waals surface area contributed by atoms with Gasteiger partial charge in [-0.05, 0) is 25.8 Å². The lowest BCUT2D eigenvalue weighted by molar-refractivity contribution is 0.0755. The maximum atomic E-state index is 12.5. The highest BCUT2D eigenvalue weighted by atomic mass is 16.2. The number of anilines is 1. The largest absolute Gasteiger partial charge is 0.351 e. The first-order valence-corrected chi connectivity index (χ1v) is 7.20. The van der Waals surface area contributed by atoms with E-state index < -0.39 is 0 Å². The Kier molecular flexibility index (Phi) is 5.09. The molecule has 5 nitrogen and oxygen atoms in total. The Hall–Kier alpha value is -1.91. The van der Waals surface area contributed by atoms with Crippen molar-refractivity contribution in [2.75, 3.05) is 25.0 Å². The Balaban J connectivity index is 2.15. The van der Waals surface area contributed by atoms with Gasteiger partial charge in [-0.15, -0.1) is 6.58 Å². The number of carbonyl (C=O) groups is 1. The molecule has 0 saturated carbocycles. The van der Waals surface area contributed by atoms with Crippen molar-refractivity contribution < 1.29 is 4.79 Å². The zero-order valence-electron chi connectivity index (χ0n) is 12.1. The van der Waals surface area contributed by atoms with Crippen molar-refractivity contribution in [3.63, 3.8) is 0 Å². The molecule has 20 heavy (non-hydrogen) atoms. The highest BCUT2D eigenvalue weighted by Gasteiger charge is 2.19. The lowest BCUT2D eigenvalue weighted by Crippen LogP contribution is -2.32. The van der Waals surface area contributed by atoms with Crippen molar-refractivity contribution in [1.29, 1.82) is 0 Å². The molecule has 2 heterocycles. The third-order valence-corrected chi connectivity index (χ3v) is 3.37. The number of carbonyl (C=O) groups excluding carboxylic acids is 1. The van der Waals surface area contributed by atoms with E-state index in [0.29, 0.717) is 18.2 Å². The monoisotopic (exact) mass is 274 g/mol. The van der Waals surface area contributed by atoms with Gasteiger partial charge in [-0.2, -0.15) is 0 Å². The van der Waals surface area contributed by atoms with Gasteiger partial charge in [0.15, 0.2) is 0 Å². The molecule has 5 heteroatoms. The molecule has 0 spiro atoms. The summed E-state index contributed by atoms with van der Waals surface area (Å²) >= 11 is 0. The molecule has 108 valence electrons. The van der Waals surface area contributed by atoms with Crippen LogP contribution >= 0.6 is 0 Å². The molecule has 1 aromatic rings. The van der Waals surface area contributed by atoms with E-state index in [9.17, 15) is 4.79 Å². The maximum absolute atomic E-state index is 12.5. The first-order chi connectivity index (χ1) is 9.70. The molecule has 0 atom stereocenters. The molecule has 2 rings (SSSR count). The van der Waals surface area contributed by atoms with Crippen molar-refractivity contribution in [2.45, 2.75) is 32.6 Å². The van der Waals surface area contributed by atoms with Gasteiger partial charge in [-0.1, -0.05) is 18.9 Å². The normalized spacial score (nSPS) is 15.6. The van der Waals surface area contributed by atoms with Crippen LogP contribution < -0.4 is 5.32 Å². The fourth-order valence-electron chi connectivity index (χ4n) is 2.36. The highest BCUT2D eigenvalue weighted by molar-refractivity contribution is 5.92. The van der Waals surface area contributed by atoms with Crippen LogP contribution in [0.3, 0.4) is 0 Å². The quantitative estimate of drug-likeness (QED) is 0.857. The van der Waals surface area contributed by atoms with Crippen LogP contribution in [0.25, 0.3) is 0 Å². The van der Waals surface area contributed by atoms with Crippen LogP contribution in [0.5, 0.6) is 0 Å². The molecule has 0 unspecified atom stereocenters. The average molecular weight is 274 g/mol. The Bertz CT molecular complexity index is 479. The van der Waals surface area contributed by atoms with Crippen molar-refractivity contribution >= 4 is 11.9 Å². The van der Waals surface area contributed by atoms with Crippen LogP contribution in [0.4, 0.5) is 5.95 Å². The molecule has 0 aromatic carbocycles. The molecular formula is C15H22N4O. The van der Waals surface area contributed by atoms with Crippen LogP contribution in [0.15, 0.2) is 18.7 Å². The van der Waals surface area contributed by atoms with Gasteiger partial charge < -0.3 is 10.2 Å². The summed E-state index contributed by atoms with van der Waals surface area (Å²) in [6.45, 7) is 7.77. The van der Waals surface area contributed by atoms with Crippen molar-refractivity contribution in [1.82, 2.24) is 14.9 Å². The smallest absolute Gasteiger partial charge is 0.272 e. The van der Waals surface area contributed by atoms with E-state index in [4.69, 9.17) is 0 Å². The number of rotatable bonds is 4. The molecule has 0 aliphatic carbocycles. The molecule has 1 N–H and O–H groups in total. The number of aryl methyl sites for hydroxylation is 1. The summed E-state index contributed by atoms with van der Waals surface area (Å²) in [6.07, 6.45) is 6.31. The summed E-state index contributed by atoms with van der Waals surface area (Å²) in [5, 5.41) is 3.03. The van der Waals surface area contributed by atoms with E-state index in [1.54, 1.807) is 12.1 Å². The molecule has 1 aromatic heterocycles. The van der Waals surface area contributed by atoms with E-state index in [0.717, 1.165) is 31.6 Å². The minimum absolute atomic E-state index is 0.0130. The first kappa shape index (κ1) is 14.5.